The van der Waals surface area contributed by atoms with Gasteiger partial charge in [-0.2, -0.15) is 0 Å². The van der Waals surface area contributed by atoms with Gasteiger partial charge in [0.2, 0.25) is 0 Å². The van der Waals surface area contributed by atoms with Gasteiger partial charge < -0.3 is 0 Å². The van der Waals surface area contributed by atoms with Gasteiger partial charge in [0.15, 0.2) is 0 Å². The Hall–Kier alpha value is -1.74. The first-order chi connectivity index (χ1) is 17.9. The monoisotopic (exact) mass is 554 g/mol. The summed E-state index contributed by atoms with van der Waals surface area (Å²) in [6.07, 6.45) is 0. The summed E-state index contributed by atoms with van der Waals surface area (Å²) >= 11 is 0. The molecule has 3 heteroatoms. The Morgan fingerprint density at radius 2 is 0.730 bits per heavy atom. The molecular formula is C34H28FeP2. The number of benzene rings is 4. The van der Waals surface area contributed by atoms with Gasteiger partial charge in [0.05, 0.1) is 0 Å². The fraction of sp³-hybridized carbons (Fsp3) is 0.294. The molecule has 37 heavy (non-hydrogen) atoms. The number of fused-ring (bicyclic) bond motifs is 10. The van der Waals surface area contributed by atoms with E-state index >= 15 is 0 Å². The zero-order chi connectivity index (χ0) is 24.1. The SMILES string of the molecule is P[C]12[CH]3[CH]4[CH]5[CH]1[Fe]45321678[C]2(P)[C]1(c1ccccc1)[C]6(c1ccccc1)[C]7(c1ccccc1)[C]28c1ccccc1. The minimum atomic E-state index is -4.80. The molecule has 0 radical (unpaired) electrons. The van der Waals surface area contributed by atoms with Gasteiger partial charge in [0, 0.05) is 0 Å². The first-order valence-electron chi connectivity index (χ1n) is 13.9. The normalized spacial score (nSPS) is 70.9. The average Bonchev–Trinajstić information content (AvgIpc) is 3.92. The molecule has 10 aliphatic rings. The van der Waals surface area contributed by atoms with E-state index in [9.17, 15) is 0 Å². The summed E-state index contributed by atoms with van der Waals surface area (Å²) in [6.45, 7) is -4.80. The molecule has 0 aliphatic carbocycles. The molecular weight excluding hydrogens is 526 g/mol. The standard InChI is InChI=1S/C29H22P.C5H6P.Fe/c30-29-27(23-17-9-3-10-18-23)25(21-13-5-1-6-14-21)26(22-15-7-2-8-16-22)28(29)24-19-11-4-12-20-24;6-5-3-1-2-4-5;/h1-20H,30H2;1-4H,6H2;. The molecule has 0 amide bonds. The van der Waals surface area contributed by atoms with Crippen molar-refractivity contribution < 1.29 is 6.51 Å². The van der Waals surface area contributed by atoms with Gasteiger partial charge >= 0.3 is 213 Å². The molecule has 10 atom stereocenters. The van der Waals surface area contributed by atoms with Crippen LogP contribution < -0.4 is 0 Å². The van der Waals surface area contributed by atoms with Crippen LogP contribution in [0.1, 0.15) is 22.3 Å². The van der Waals surface area contributed by atoms with Crippen molar-refractivity contribution in [3.8, 4) is 0 Å². The predicted molar refractivity (Wildman–Crippen MR) is 152 cm³/mol. The van der Waals surface area contributed by atoms with Crippen LogP contribution in [0.25, 0.3) is 0 Å². The van der Waals surface area contributed by atoms with Gasteiger partial charge in [0.25, 0.3) is 0 Å². The Balaban J connectivity index is 1.36. The zero-order valence-corrected chi connectivity index (χ0v) is 23.8. The molecule has 10 aliphatic heterocycles. The first kappa shape index (κ1) is 17.8. The quantitative estimate of drug-likeness (QED) is 0.183. The van der Waals surface area contributed by atoms with Crippen LogP contribution >= 0.6 is 18.5 Å². The average molecular weight is 554 g/mol. The molecule has 10 fully saturated rings. The number of rotatable bonds is 4. The first-order valence-corrected chi connectivity index (χ1v) is 20.9. The predicted octanol–water partition coefficient (Wildman–Crippen LogP) is 7.37. The van der Waals surface area contributed by atoms with E-state index < -0.39 is 6.51 Å². The van der Waals surface area contributed by atoms with E-state index in [-0.39, 0.29) is 0 Å². The number of hydrogen-bond acceptors (Lipinski definition) is 0. The van der Waals surface area contributed by atoms with Crippen molar-refractivity contribution in [2.45, 2.75) is 44.6 Å². The molecule has 0 N–H and O–H groups in total. The van der Waals surface area contributed by atoms with Gasteiger partial charge in [-0.15, -0.1) is 0 Å². The second kappa shape index (κ2) is 2.49. The van der Waals surface area contributed by atoms with Crippen LogP contribution in [-0.4, -0.2) is 8.11 Å². The minimum absolute atomic E-state index is 0.336. The van der Waals surface area contributed by atoms with E-state index in [1.54, 1.807) is 22.3 Å². The van der Waals surface area contributed by atoms with Crippen molar-refractivity contribution in [3.05, 3.63) is 144 Å². The van der Waals surface area contributed by atoms with Crippen molar-refractivity contribution in [2.24, 2.45) is 0 Å². The molecule has 10 heterocycles. The van der Waals surface area contributed by atoms with Crippen LogP contribution in [0.5, 0.6) is 0 Å². The van der Waals surface area contributed by atoms with Crippen LogP contribution in [0.2, 0.25) is 19.3 Å². The molecule has 4 aromatic rings. The fourth-order valence-corrected chi connectivity index (χ4v) is 126. The van der Waals surface area contributed by atoms with Crippen LogP contribution in [0.4, 0.5) is 0 Å². The van der Waals surface area contributed by atoms with E-state index in [0.717, 1.165) is 19.3 Å². The topological polar surface area (TPSA) is 0 Å². The Labute approximate surface area is 212 Å². The molecule has 0 nitrogen and oxygen atoms in total. The zero-order valence-electron chi connectivity index (χ0n) is 20.4. The maximum absolute atomic E-state index is 4.80. The molecule has 10 unspecified atom stereocenters. The van der Waals surface area contributed by atoms with Crippen LogP contribution in [0.15, 0.2) is 121 Å². The Bertz CT molecular complexity index is 2200. The van der Waals surface area contributed by atoms with E-state index in [4.69, 9.17) is 0 Å². The summed E-state index contributed by atoms with van der Waals surface area (Å²) < 4.78 is 2.29. The van der Waals surface area contributed by atoms with Crippen molar-refractivity contribution in [1.29, 1.82) is 0 Å². The maximum atomic E-state index is 3.84. The van der Waals surface area contributed by atoms with Crippen molar-refractivity contribution in [3.63, 3.8) is 0 Å². The summed E-state index contributed by atoms with van der Waals surface area (Å²) in [5.74, 6) is 0. The Morgan fingerprint density at radius 1 is 0.432 bits per heavy atom. The molecule has 0 saturated carbocycles. The Kier molecular flexibility index (Phi) is 1.20. The number of hydrogen-bond donors (Lipinski definition) is 0. The second-order valence-electron chi connectivity index (χ2n) is 15.6. The third-order valence-corrected chi connectivity index (χ3v) is 75.7. The van der Waals surface area contributed by atoms with E-state index in [1.165, 1.54) is 0 Å². The van der Waals surface area contributed by atoms with Gasteiger partial charge in [-0.05, 0) is 0 Å². The van der Waals surface area contributed by atoms with E-state index in [2.05, 4.69) is 140 Å². The summed E-state index contributed by atoms with van der Waals surface area (Å²) in [5.41, 5.74) is 6.88. The summed E-state index contributed by atoms with van der Waals surface area (Å²) in [7, 11) is 7.61. The summed E-state index contributed by atoms with van der Waals surface area (Å²) in [5, 5.41) is 0. The molecule has 4 aromatic carbocycles. The summed E-state index contributed by atoms with van der Waals surface area (Å²) in [4.78, 5) is 4.02. The van der Waals surface area contributed by atoms with Gasteiger partial charge in [-0.3, -0.25) is 0 Å². The second-order valence-corrected chi connectivity index (χ2v) is 40.5. The van der Waals surface area contributed by atoms with Gasteiger partial charge in [0.1, 0.15) is 0 Å². The molecule has 1 spiro atoms. The van der Waals surface area contributed by atoms with Crippen molar-refractivity contribution >= 4 is 18.5 Å². The molecule has 0 bridgehead atoms. The Morgan fingerprint density at radius 3 is 0.973 bits per heavy atom. The molecule has 10 saturated heterocycles. The van der Waals surface area contributed by atoms with Crippen LogP contribution in [0.3, 0.4) is 0 Å². The molecule has 14 rings (SSSR count). The molecule has 0 aromatic heterocycles. The van der Waals surface area contributed by atoms with E-state index in [1.807, 2.05) is 0 Å². The van der Waals surface area contributed by atoms with Gasteiger partial charge in [-0.1, -0.05) is 0 Å². The summed E-state index contributed by atoms with van der Waals surface area (Å²) in [6, 6.07) is 48.5. The van der Waals surface area contributed by atoms with Gasteiger partial charge in [-0.25, -0.2) is 0 Å². The molecule has 182 valence electrons. The van der Waals surface area contributed by atoms with E-state index in [0.29, 0.717) is 25.4 Å². The van der Waals surface area contributed by atoms with Crippen LogP contribution in [-0.2, 0) is 23.8 Å². The third-order valence-electron chi connectivity index (χ3n) is 20.4. The fourth-order valence-electron chi connectivity index (χ4n) is 24.3. The van der Waals surface area contributed by atoms with Crippen molar-refractivity contribution in [1.82, 2.24) is 0 Å². The third kappa shape index (κ3) is 0.313. The van der Waals surface area contributed by atoms with Crippen LogP contribution in [0, 0.1) is 0 Å². The van der Waals surface area contributed by atoms with Crippen molar-refractivity contribution in [2.75, 3.05) is 0 Å².